The topological polar surface area (TPSA) is 12.4 Å². The minimum absolute atomic E-state index is 0.910. The van der Waals surface area contributed by atoms with E-state index in [0.717, 1.165) is 23.6 Å². The van der Waals surface area contributed by atoms with Crippen LogP contribution < -0.4 is 0 Å². The summed E-state index contributed by atoms with van der Waals surface area (Å²) in [5.74, 6) is 0. The molecule has 1 heterocycles. The second-order valence-corrected chi connectivity index (χ2v) is 2.30. The van der Waals surface area contributed by atoms with E-state index in [1.807, 2.05) is 27.0 Å². The van der Waals surface area contributed by atoms with Gasteiger partial charge in [0.2, 0.25) is 0 Å². The molecule has 0 aliphatic carbocycles. The summed E-state index contributed by atoms with van der Waals surface area (Å²) < 4.78 is 0. The molecule has 0 unspecified atom stereocenters. The molecule has 0 aromatic carbocycles. The van der Waals surface area contributed by atoms with Crippen molar-refractivity contribution in [2.75, 3.05) is 0 Å². The number of halogens is 1. The third-order valence-electron chi connectivity index (χ3n) is 1.17. The van der Waals surface area contributed by atoms with Gasteiger partial charge >= 0.3 is 0 Å². The molecule has 0 atom stereocenters. The van der Waals surface area contributed by atoms with Crippen molar-refractivity contribution in [3.8, 4) is 0 Å². The van der Waals surface area contributed by atoms with E-state index in [-0.39, 0.29) is 0 Å². The van der Waals surface area contributed by atoms with E-state index < -0.39 is 0 Å². The number of rotatable bonds is 0. The van der Waals surface area contributed by atoms with Gasteiger partial charge in [-0.15, -0.1) is 0 Å². The summed E-state index contributed by atoms with van der Waals surface area (Å²) in [5.41, 5.74) is 0.970. The minimum atomic E-state index is 0.910. The van der Waals surface area contributed by atoms with Crippen molar-refractivity contribution in [1.82, 2.24) is 0 Å². The van der Waals surface area contributed by atoms with Gasteiger partial charge in [0.05, 0.1) is 5.70 Å². The molecule has 10 heavy (non-hydrogen) atoms. The summed E-state index contributed by atoms with van der Waals surface area (Å²) in [6, 6.07) is 0. The summed E-state index contributed by atoms with van der Waals surface area (Å²) in [7, 11) is 0. The lowest BCUT2D eigenvalue weighted by Crippen LogP contribution is -1.88. The van der Waals surface area contributed by atoms with Crippen LogP contribution in [0.15, 0.2) is 15.7 Å². The molecule has 0 fully saturated rings. The van der Waals surface area contributed by atoms with Gasteiger partial charge in [-0.05, 0) is 19.8 Å². The summed E-state index contributed by atoms with van der Waals surface area (Å²) in [6.07, 6.45) is 3.87. The van der Waals surface area contributed by atoms with Crippen LogP contribution in [-0.2, 0) is 0 Å². The van der Waals surface area contributed by atoms with E-state index in [9.17, 15) is 0 Å². The molecular formula is C8H14ClN. The van der Waals surface area contributed by atoms with Crippen LogP contribution in [0.1, 0.15) is 33.6 Å². The normalized spacial score (nSPS) is 16.4. The Bertz CT molecular complexity index is 147. The fourth-order valence-electron chi connectivity index (χ4n) is 0.644. The first-order valence-corrected chi connectivity index (χ1v) is 4.06. The van der Waals surface area contributed by atoms with Crippen molar-refractivity contribution in [2.45, 2.75) is 33.6 Å². The second kappa shape index (κ2) is 5.48. The van der Waals surface area contributed by atoms with Crippen LogP contribution in [0.25, 0.3) is 0 Å². The zero-order chi connectivity index (χ0) is 7.98. The maximum absolute atomic E-state index is 5.73. The Morgan fingerprint density at radius 3 is 2.40 bits per heavy atom. The molecule has 1 nitrogen and oxygen atoms in total. The Labute approximate surface area is 67.8 Å². The Kier molecular flexibility index (Phi) is 5.32. The summed E-state index contributed by atoms with van der Waals surface area (Å²) in [6.45, 7) is 5.93. The maximum Gasteiger partial charge on any atom is 0.0513 e. The van der Waals surface area contributed by atoms with E-state index in [4.69, 9.17) is 11.6 Å². The van der Waals surface area contributed by atoms with Crippen LogP contribution >= 0.6 is 11.6 Å². The predicted molar refractivity (Wildman–Crippen MR) is 47.6 cm³/mol. The third-order valence-corrected chi connectivity index (χ3v) is 1.63. The van der Waals surface area contributed by atoms with Crippen molar-refractivity contribution >= 4 is 17.8 Å². The molecule has 1 aliphatic rings. The smallest absolute Gasteiger partial charge is 0.0513 e. The molecule has 0 N–H and O–H groups in total. The van der Waals surface area contributed by atoms with Crippen LogP contribution in [0.4, 0.5) is 0 Å². The van der Waals surface area contributed by atoms with Crippen molar-refractivity contribution < 1.29 is 0 Å². The minimum Gasteiger partial charge on any atom is -0.265 e. The van der Waals surface area contributed by atoms with Crippen molar-refractivity contribution in [2.24, 2.45) is 4.99 Å². The monoisotopic (exact) mass is 159 g/mol. The Hall–Kier alpha value is -0.300. The van der Waals surface area contributed by atoms with Gasteiger partial charge in [0.25, 0.3) is 0 Å². The zero-order valence-corrected chi connectivity index (χ0v) is 7.57. The lowest BCUT2D eigenvalue weighted by atomic mass is 10.2. The van der Waals surface area contributed by atoms with Crippen molar-refractivity contribution in [3.05, 3.63) is 10.7 Å². The van der Waals surface area contributed by atoms with Gasteiger partial charge in [0.15, 0.2) is 0 Å². The zero-order valence-electron chi connectivity index (χ0n) is 6.82. The quantitative estimate of drug-likeness (QED) is 0.514. The maximum atomic E-state index is 5.73. The van der Waals surface area contributed by atoms with Gasteiger partial charge in [-0.2, -0.15) is 0 Å². The molecule has 0 saturated heterocycles. The fourth-order valence-corrected chi connectivity index (χ4v) is 0.802. The molecule has 0 aromatic rings. The highest BCUT2D eigenvalue weighted by atomic mass is 35.5. The van der Waals surface area contributed by atoms with Crippen molar-refractivity contribution in [3.63, 3.8) is 0 Å². The Morgan fingerprint density at radius 1 is 1.50 bits per heavy atom. The molecule has 0 saturated carbocycles. The number of hydrogen-bond acceptors (Lipinski definition) is 1. The van der Waals surface area contributed by atoms with Gasteiger partial charge in [0.1, 0.15) is 0 Å². The van der Waals surface area contributed by atoms with Crippen LogP contribution in [-0.4, -0.2) is 6.21 Å². The summed E-state index contributed by atoms with van der Waals surface area (Å²) in [4.78, 5) is 4.03. The van der Waals surface area contributed by atoms with Crippen LogP contribution in [0.3, 0.4) is 0 Å². The third kappa shape index (κ3) is 3.02. The fraction of sp³-hybridized carbons (Fsp3) is 0.625. The number of hydrogen-bond donors (Lipinski definition) is 0. The van der Waals surface area contributed by atoms with E-state index in [1.165, 1.54) is 0 Å². The highest BCUT2D eigenvalue weighted by Gasteiger charge is 2.00. The summed E-state index contributed by atoms with van der Waals surface area (Å²) in [5, 5.41) is 0.910. The van der Waals surface area contributed by atoms with Gasteiger partial charge < -0.3 is 0 Å². The van der Waals surface area contributed by atoms with Crippen molar-refractivity contribution in [1.29, 1.82) is 0 Å². The molecule has 0 aromatic heterocycles. The molecule has 0 spiro atoms. The highest BCUT2D eigenvalue weighted by molar-refractivity contribution is 6.30. The average molecular weight is 160 g/mol. The van der Waals surface area contributed by atoms with E-state index in [2.05, 4.69) is 4.99 Å². The molecule has 1 aliphatic heterocycles. The van der Waals surface area contributed by atoms with E-state index >= 15 is 0 Å². The first-order chi connectivity index (χ1) is 4.80. The second-order valence-electron chi connectivity index (χ2n) is 1.84. The largest absolute Gasteiger partial charge is 0.265 e. The van der Waals surface area contributed by atoms with Crippen LogP contribution in [0.5, 0.6) is 0 Å². The van der Waals surface area contributed by atoms with Gasteiger partial charge in [-0.25, -0.2) is 0 Å². The van der Waals surface area contributed by atoms with Gasteiger partial charge in [-0.1, -0.05) is 25.4 Å². The molecular weight excluding hydrogens is 146 g/mol. The standard InChI is InChI=1S/C6H8ClN.C2H6/c1-5-6(7)3-2-4-8-5;1-2/h4H,2-3H2,1H3;1-2H3. The molecule has 0 radical (unpaired) electrons. The van der Waals surface area contributed by atoms with E-state index in [0.29, 0.717) is 0 Å². The predicted octanol–water partition coefficient (Wildman–Crippen LogP) is 3.35. The van der Waals surface area contributed by atoms with Crippen LogP contribution in [0, 0.1) is 0 Å². The molecule has 58 valence electrons. The number of allylic oxidation sites excluding steroid dienone is 2. The number of nitrogens with zero attached hydrogens (tertiary/aromatic N) is 1. The van der Waals surface area contributed by atoms with Crippen LogP contribution in [0.2, 0.25) is 0 Å². The molecule has 0 amide bonds. The highest BCUT2D eigenvalue weighted by Crippen LogP contribution is 2.18. The van der Waals surface area contributed by atoms with E-state index in [1.54, 1.807) is 0 Å². The Balaban J connectivity index is 0.000000371. The molecule has 2 heteroatoms. The first kappa shape index (κ1) is 9.70. The lowest BCUT2D eigenvalue weighted by Gasteiger charge is -2.03. The molecule has 1 rings (SSSR count). The SMILES string of the molecule is CC.CC1=C(Cl)CCC=N1. The van der Waals surface area contributed by atoms with Gasteiger partial charge in [-0.3, -0.25) is 4.99 Å². The van der Waals surface area contributed by atoms with Gasteiger partial charge in [0, 0.05) is 11.2 Å². The lowest BCUT2D eigenvalue weighted by molar-refractivity contribution is 1.02. The molecule has 0 bridgehead atoms. The average Bonchev–Trinajstić information content (AvgIpc) is 2.00. The Morgan fingerprint density at radius 2 is 2.10 bits per heavy atom. The first-order valence-electron chi connectivity index (χ1n) is 3.68. The number of aliphatic imine (C=N–C) groups is 1. The summed E-state index contributed by atoms with van der Waals surface area (Å²) >= 11 is 5.73.